The van der Waals surface area contributed by atoms with Crippen molar-refractivity contribution in [3.05, 3.63) is 46.3 Å². The Labute approximate surface area is 99.9 Å². The summed E-state index contributed by atoms with van der Waals surface area (Å²) >= 11 is 5.99. The Bertz CT molecular complexity index is 406. The average molecular weight is 241 g/mol. The normalized spacial score (nSPS) is 12.2. The van der Waals surface area contributed by atoms with Crippen LogP contribution in [0.5, 0.6) is 0 Å². The fraction of sp³-hybridized carbons (Fsp3) is 0.308. The van der Waals surface area contributed by atoms with E-state index in [9.17, 15) is 9.18 Å². The molecule has 0 fully saturated rings. The van der Waals surface area contributed by atoms with Crippen molar-refractivity contribution in [3.8, 4) is 0 Å². The van der Waals surface area contributed by atoms with E-state index < -0.39 is 0 Å². The van der Waals surface area contributed by atoms with E-state index in [0.29, 0.717) is 29.0 Å². The van der Waals surface area contributed by atoms with Crippen LogP contribution in [-0.2, 0) is 0 Å². The number of hydrogen-bond donors (Lipinski definition) is 0. The van der Waals surface area contributed by atoms with Gasteiger partial charge in [-0.1, -0.05) is 25.4 Å². The molecule has 1 nitrogen and oxygen atoms in total. The van der Waals surface area contributed by atoms with Crippen LogP contribution in [0.1, 0.15) is 37.0 Å². The fourth-order valence-corrected chi connectivity index (χ4v) is 1.68. The molecule has 0 bridgehead atoms. The van der Waals surface area contributed by atoms with Gasteiger partial charge in [-0.2, -0.15) is 0 Å². The number of benzene rings is 1. The van der Waals surface area contributed by atoms with E-state index >= 15 is 0 Å². The Morgan fingerprint density at radius 1 is 1.19 bits per heavy atom. The second-order valence-corrected chi connectivity index (χ2v) is 3.88. The van der Waals surface area contributed by atoms with E-state index in [4.69, 9.17) is 11.6 Å². The van der Waals surface area contributed by atoms with E-state index in [1.165, 1.54) is 24.3 Å². The molecule has 1 aromatic rings. The number of allylic oxidation sites excluding steroid dienone is 2. The second-order valence-electron chi connectivity index (χ2n) is 3.43. The lowest BCUT2D eigenvalue weighted by atomic mass is 10.0. The van der Waals surface area contributed by atoms with E-state index in [2.05, 4.69) is 0 Å². The molecular formula is C13H14ClFO. The predicted octanol–water partition coefficient (Wildman–Crippen LogP) is 4.32. The molecule has 0 aliphatic rings. The zero-order chi connectivity index (χ0) is 12.1. The monoisotopic (exact) mass is 240 g/mol. The van der Waals surface area contributed by atoms with Crippen molar-refractivity contribution >= 4 is 17.4 Å². The smallest absolute Gasteiger partial charge is 0.190 e. The molecule has 86 valence electrons. The molecule has 0 heterocycles. The minimum atomic E-state index is -0.347. The van der Waals surface area contributed by atoms with Crippen molar-refractivity contribution in [2.24, 2.45) is 0 Å². The number of ketones is 1. The Balaban J connectivity index is 3.05. The lowest BCUT2D eigenvalue weighted by molar-refractivity contribution is 0.103. The van der Waals surface area contributed by atoms with Crippen molar-refractivity contribution < 1.29 is 9.18 Å². The highest BCUT2D eigenvalue weighted by atomic mass is 35.5. The van der Waals surface area contributed by atoms with Crippen molar-refractivity contribution in [2.45, 2.75) is 26.7 Å². The molecule has 0 spiro atoms. The van der Waals surface area contributed by atoms with Crippen LogP contribution in [0.15, 0.2) is 34.9 Å². The first kappa shape index (κ1) is 12.9. The SMILES string of the molecule is CC/C(Cl)=C(/CC)C(=O)c1ccc(F)cc1. The zero-order valence-electron chi connectivity index (χ0n) is 9.39. The molecule has 0 aliphatic heterocycles. The maximum Gasteiger partial charge on any atom is 0.190 e. The standard InChI is InChI=1S/C13H14ClFO/c1-3-11(12(14)4-2)13(16)9-5-7-10(15)8-6-9/h5-8H,3-4H2,1-2H3/b12-11+. The first-order valence-electron chi connectivity index (χ1n) is 5.27. The highest BCUT2D eigenvalue weighted by molar-refractivity contribution is 6.32. The molecule has 0 aliphatic carbocycles. The lowest BCUT2D eigenvalue weighted by Crippen LogP contribution is -2.04. The zero-order valence-corrected chi connectivity index (χ0v) is 10.1. The van der Waals surface area contributed by atoms with Crippen LogP contribution in [0.4, 0.5) is 4.39 Å². The van der Waals surface area contributed by atoms with Crippen LogP contribution in [0.2, 0.25) is 0 Å². The summed E-state index contributed by atoms with van der Waals surface area (Å²) in [7, 11) is 0. The van der Waals surface area contributed by atoms with E-state index in [0.717, 1.165) is 0 Å². The molecule has 1 rings (SSSR count). The maximum atomic E-state index is 12.7. The van der Waals surface area contributed by atoms with Crippen molar-refractivity contribution in [3.63, 3.8) is 0 Å². The van der Waals surface area contributed by atoms with Crippen LogP contribution >= 0.6 is 11.6 Å². The first-order chi connectivity index (χ1) is 7.60. The van der Waals surface area contributed by atoms with Crippen molar-refractivity contribution in [2.75, 3.05) is 0 Å². The molecule has 0 unspecified atom stereocenters. The lowest BCUT2D eigenvalue weighted by Gasteiger charge is -2.06. The molecule has 0 N–H and O–H groups in total. The highest BCUT2D eigenvalue weighted by Crippen LogP contribution is 2.21. The van der Waals surface area contributed by atoms with Gasteiger partial charge in [0.1, 0.15) is 5.82 Å². The molecule has 0 radical (unpaired) electrons. The maximum absolute atomic E-state index is 12.7. The summed E-state index contributed by atoms with van der Waals surface area (Å²) < 4.78 is 12.7. The number of carbonyl (C=O) groups excluding carboxylic acids is 1. The average Bonchev–Trinajstić information content (AvgIpc) is 2.30. The summed E-state index contributed by atoms with van der Waals surface area (Å²) in [5.74, 6) is -0.463. The predicted molar refractivity (Wildman–Crippen MR) is 64.2 cm³/mol. The van der Waals surface area contributed by atoms with Gasteiger partial charge in [-0.25, -0.2) is 4.39 Å². The summed E-state index contributed by atoms with van der Waals surface area (Å²) in [6, 6.07) is 5.51. The second kappa shape index (κ2) is 5.80. The van der Waals surface area contributed by atoms with Gasteiger partial charge in [-0.15, -0.1) is 0 Å². The van der Waals surface area contributed by atoms with Crippen molar-refractivity contribution in [1.82, 2.24) is 0 Å². The molecule has 0 atom stereocenters. The molecule has 3 heteroatoms. The molecule has 16 heavy (non-hydrogen) atoms. The van der Waals surface area contributed by atoms with Gasteiger partial charge in [-0.05, 0) is 37.1 Å². The van der Waals surface area contributed by atoms with Crippen LogP contribution in [0, 0.1) is 5.82 Å². The minimum absolute atomic E-state index is 0.116. The quantitative estimate of drug-likeness (QED) is 0.566. The van der Waals surface area contributed by atoms with Gasteiger partial charge in [0, 0.05) is 16.2 Å². The number of Topliss-reactive ketones (excluding diaryl/α,β-unsaturated/α-hetero) is 1. The largest absolute Gasteiger partial charge is 0.289 e. The summed E-state index contributed by atoms with van der Waals surface area (Å²) in [6.07, 6.45) is 1.22. The Hall–Kier alpha value is -1.15. The van der Waals surface area contributed by atoms with E-state index in [-0.39, 0.29) is 11.6 Å². The van der Waals surface area contributed by atoms with Crippen LogP contribution in [-0.4, -0.2) is 5.78 Å². The van der Waals surface area contributed by atoms with Crippen LogP contribution < -0.4 is 0 Å². The van der Waals surface area contributed by atoms with Gasteiger partial charge in [0.15, 0.2) is 5.78 Å². The topological polar surface area (TPSA) is 17.1 Å². The van der Waals surface area contributed by atoms with Gasteiger partial charge in [0.25, 0.3) is 0 Å². The molecule has 0 aromatic heterocycles. The third kappa shape index (κ3) is 2.92. The third-order valence-corrected chi connectivity index (χ3v) is 2.87. The number of carbonyl (C=O) groups is 1. The number of halogens is 2. The van der Waals surface area contributed by atoms with Gasteiger partial charge >= 0.3 is 0 Å². The van der Waals surface area contributed by atoms with Crippen LogP contribution in [0.25, 0.3) is 0 Å². The molecule has 0 amide bonds. The molecule has 1 aromatic carbocycles. The van der Waals surface area contributed by atoms with Crippen molar-refractivity contribution in [1.29, 1.82) is 0 Å². The van der Waals surface area contributed by atoms with E-state index in [1.807, 2.05) is 13.8 Å². The number of hydrogen-bond acceptors (Lipinski definition) is 1. The number of rotatable bonds is 4. The highest BCUT2D eigenvalue weighted by Gasteiger charge is 2.13. The summed E-state index contributed by atoms with van der Waals surface area (Å²) in [6.45, 7) is 3.78. The molecule has 0 saturated carbocycles. The van der Waals surface area contributed by atoms with Gasteiger partial charge in [0.2, 0.25) is 0 Å². The molecule has 0 saturated heterocycles. The third-order valence-electron chi connectivity index (χ3n) is 2.37. The fourth-order valence-electron chi connectivity index (χ4n) is 1.46. The Kier molecular flexibility index (Phi) is 4.69. The van der Waals surface area contributed by atoms with E-state index in [1.54, 1.807) is 0 Å². The van der Waals surface area contributed by atoms with Gasteiger partial charge in [0.05, 0.1) is 0 Å². The first-order valence-corrected chi connectivity index (χ1v) is 5.65. The summed E-state index contributed by atoms with van der Waals surface area (Å²) in [4.78, 5) is 12.0. The summed E-state index contributed by atoms with van der Waals surface area (Å²) in [5, 5.41) is 0.580. The summed E-state index contributed by atoms with van der Waals surface area (Å²) in [5.41, 5.74) is 1.08. The molecular weight excluding hydrogens is 227 g/mol. The Morgan fingerprint density at radius 3 is 2.19 bits per heavy atom. The van der Waals surface area contributed by atoms with Gasteiger partial charge in [-0.3, -0.25) is 4.79 Å². The minimum Gasteiger partial charge on any atom is -0.289 e. The van der Waals surface area contributed by atoms with Gasteiger partial charge < -0.3 is 0 Å². The van der Waals surface area contributed by atoms with Crippen LogP contribution in [0.3, 0.4) is 0 Å². The Morgan fingerprint density at radius 2 is 1.75 bits per heavy atom.